The van der Waals surface area contributed by atoms with Crippen molar-refractivity contribution >= 4 is 29.1 Å². The molecule has 2 fully saturated rings. The van der Waals surface area contributed by atoms with Crippen LogP contribution in [0.25, 0.3) is 5.76 Å². The number of halogens is 1. The lowest BCUT2D eigenvalue weighted by Crippen LogP contribution is -2.36. The Bertz CT molecular complexity index is 1020. The molecule has 2 aliphatic rings. The molecule has 1 N–H and O–H groups in total. The van der Waals surface area contributed by atoms with Gasteiger partial charge in [0.15, 0.2) is 0 Å². The normalized spacial score (nSPS) is 22.7. The number of amides is 1. The smallest absolute Gasteiger partial charge is 0.295 e. The number of rotatable bonds is 6. The SMILES string of the molecule is CC(C)Oc1ccc(/C(O)=C2/C(=O)C(=O)N(CC3CCCO3)C2c2ccc(Cl)cc2)cc1. The summed E-state index contributed by atoms with van der Waals surface area (Å²) in [5, 5.41) is 11.7. The fourth-order valence-electron chi connectivity index (χ4n) is 4.19. The highest BCUT2D eigenvalue weighted by atomic mass is 35.5. The van der Waals surface area contributed by atoms with Crippen LogP contribution in [0.1, 0.15) is 43.9 Å². The fraction of sp³-hybridized carbons (Fsp3) is 0.360. The van der Waals surface area contributed by atoms with E-state index in [1.54, 1.807) is 48.5 Å². The highest BCUT2D eigenvalue weighted by Crippen LogP contribution is 2.40. The molecule has 32 heavy (non-hydrogen) atoms. The predicted octanol–water partition coefficient (Wildman–Crippen LogP) is 4.73. The summed E-state index contributed by atoms with van der Waals surface area (Å²) >= 11 is 6.05. The number of ketones is 1. The number of aliphatic hydroxyl groups excluding tert-OH is 1. The van der Waals surface area contributed by atoms with Gasteiger partial charge in [0.25, 0.3) is 11.7 Å². The molecule has 0 aromatic heterocycles. The van der Waals surface area contributed by atoms with Crippen LogP contribution in [-0.2, 0) is 14.3 Å². The van der Waals surface area contributed by atoms with Gasteiger partial charge in [-0.2, -0.15) is 0 Å². The Balaban J connectivity index is 1.75. The fourth-order valence-corrected chi connectivity index (χ4v) is 4.31. The highest BCUT2D eigenvalue weighted by molar-refractivity contribution is 6.46. The van der Waals surface area contributed by atoms with Crippen LogP contribution in [0.15, 0.2) is 54.1 Å². The quantitative estimate of drug-likeness (QED) is 0.387. The molecule has 2 atom stereocenters. The predicted molar refractivity (Wildman–Crippen MR) is 122 cm³/mol. The Kier molecular flexibility index (Phi) is 6.53. The monoisotopic (exact) mass is 455 g/mol. The second-order valence-electron chi connectivity index (χ2n) is 8.33. The van der Waals surface area contributed by atoms with E-state index in [0.29, 0.717) is 28.5 Å². The van der Waals surface area contributed by atoms with E-state index in [-0.39, 0.29) is 30.1 Å². The van der Waals surface area contributed by atoms with E-state index >= 15 is 0 Å². The molecular weight excluding hydrogens is 430 g/mol. The number of hydrogen-bond acceptors (Lipinski definition) is 5. The van der Waals surface area contributed by atoms with Gasteiger partial charge in [0.05, 0.1) is 23.8 Å². The van der Waals surface area contributed by atoms with Crippen LogP contribution in [0, 0.1) is 0 Å². The average molecular weight is 456 g/mol. The van der Waals surface area contributed by atoms with E-state index in [0.717, 1.165) is 12.8 Å². The van der Waals surface area contributed by atoms with E-state index < -0.39 is 17.7 Å². The first-order valence-corrected chi connectivity index (χ1v) is 11.2. The van der Waals surface area contributed by atoms with Crippen LogP contribution in [0.3, 0.4) is 0 Å². The number of ether oxygens (including phenoxy) is 2. The van der Waals surface area contributed by atoms with Gasteiger partial charge < -0.3 is 19.5 Å². The third-order valence-corrected chi connectivity index (χ3v) is 5.90. The van der Waals surface area contributed by atoms with Crippen molar-refractivity contribution in [3.8, 4) is 5.75 Å². The van der Waals surface area contributed by atoms with Gasteiger partial charge in [-0.3, -0.25) is 9.59 Å². The number of likely N-dealkylation sites (tertiary alicyclic amines) is 1. The van der Waals surface area contributed by atoms with E-state index in [1.165, 1.54) is 4.90 Å². The number of aliphatic hydroxyl groups is 1. The van der Waals surface area contributed by atoms with Crippen LogP contribution in [0.4, 0.5) is 0 Å². The van der Waals surface area contributed by atoms with Gasteiger partial charge >= 0.3 is 0 Å². The first kappa shape index (κ1) is 22.4. The van der Waals surface area contributed by atoms with Gasteiger partial charge in [0, 0.05) is 23.7 Å². The average Bonchev–Trinajstić information content (AvgIpc) is 3.36. The van der Waals surface area contributed by atoms with Gasteiger partial charge in [-0.1, -0.05) is 23.7 Å². The summed E-state index contributed by atoms with van der Waals surface area (Å²) in [5.41, 5.74) is 1.20. The Hall–Kier alpha value is -2.83. The van der Waals surface area contributed by atoms with Crippen LogP contribution in [0.5, 0.6) is 5.75 Å². The van der Waals surface area contributed by atoms with Crippen molar-refractivity contribution < 1.29 is 24.2 Å². The van der Waals surface area contributed by atoms with Crippen LogP contribution in [-0.4, -0.2) is 47.1 Å². The van der Waals surface area contributed by atoms with Crippen molar-refractivity contribution in [2.24, 2.45) is 0 Å². The van der Waals surface area contributed by atoms with Crippen molar-refractivity contribution in [1.82, 2.24) is 4.90 Å². The van der Waals surface area contributed by atoms with E-state index in [9.17, 15) is 14.7 Å². The molecule has 0 aliphatic carbocycles. The first-order valence-electron chi connectivity index (χ1n) is 10.8. The van der Waals surface area contributed by atoms with E-state index in [1.807, 2.05) is 13.8 Å². The maximum absolute atomic E-state index is 13.1. The third kappa shape index (κ3) is 4.52. The molecule has 0 bridgehead atoms. The maximum Gasteiger partial charge on any atom is 0.295 e. The molecule has 2 heterocycles. The molecule has 2 saturated heterocycles. The second-order valence-corrected chi connectivity index (χ2v) is 8.77. The van der Waals surface area contributed by atoms with Crippen LogP contribution < -0.4 is 4.74 Å². The minimum absolute atomic E-state index is 0.0162. The molecular formula is C25H26ClNO5. The number of nitrogens with zero attached hydrogens (tertiary/aromatic N) is 1. The minimum atomic E-state index is -0.719. The zero-order chi connectivity index (χ0) is 22.8. The zero-order valence-corrected chi connectivity index (χ0v) is 18.8. The Morgan fingerprint density at radius 2 is 1.84 bits per heavy atom. The molecule has 2 unspecified atom stereocenters. The minimum Gasteiger partial charge on any atom is -0.507 e. The maximum atomic E-state index is 13.1. The van der Waals surface area contributed by atoms with Gasteiger partial charge in [-0.15, -0.1) is 0 Å². The summed E-state index contributed by atoms with van der Waals surface area (Å²) in [5.74, 6) is -0.899. The summed E-state index contributed by atoms with van der Waals surface area (Å²) in [6, 6.07) is 13.1. The first-order chi connectivity index (χ1) is 15.3. The van der Waals surface area contributed by atoms with Gasteiger partial charge in [-0.05, 0) is 68.7 Å². The van der Waals surface area contributed by atoms with Crippen LogP contribution >= 0.6 is 11.6 Å². The molecule has 6 nitrogen and oxygen atoms in total. The van der Waals surface area contributed by atoms with Crippen molar-refractivity contribution in [3.63, 3.8) is 0 Å². The number of carbonyl (C=O) groups is 2. The standard InChI is InChI=1S/C25H26ClNO5/c1-15(2)32-19-11-7-17(8-12-19)23(28)21-22(16-5-9-18(26)10-6-16)27(25(30)24(21)29)14-20-4-3-13-31-20/h5-12,15,20,22,28H,3-4,13-14H2,1-2H3/b23-21-. The largest absolute Gasteiger partial charge is 0.507 e. The number of carbonyl (C=O) groups excluding carboxylic acids is 2. The molecule has 2 aliphatic heterocycles. The van der Waals surface area contributed by atoms with E-state index in [2.05, 4.69) is 0 Å². The van der Waals surface area contributed by atoms with Gasteiger partial charge in [-0.25, -0.2) is 0 Å². The lowest BCUT2D eigenvalue weighted by Gasteiger charge is -2.27. The van der Waals surface area contributed by atoms with Crippen molar-refractivity contribution in [2.75, 3.05) is 13.2 Å². The Morgan fingerprint density at radius 1 is 1.16 bits per heavy atom. The molecule has 0 spiro atoms. The molecule has 1 amide bonds. The summed E-state index contributed by atoms with van der Waals surface area (Å²) in [4.78, 5) is 27.6. The van der Waals surface area contributed by atoms with Crippen LogP contribution in [0.2, 0.25) is 5.02 Å². The topological polar surface area (TPSA) is 76.1 Å². The highest BCUT2D eigenvalue weighted by Gasteiger charge is 2.47. The van der Waals surface area contributed by atoms with Gasteiger partial charge in [0.1, 0.15) is 11.5 Å². The Labute approximate surface area is 192 Å². The summed E-state index contributed by atoms with van der Waals surface area (Å²) < 4.78 is 11.4. The molecule has 0 saturated carbocycles. The van der Waals surface area contributed by atoms with E-state index in [4.69, 9.17) is 21.1 Å². The summed E-state index contributed by atoms with van der Waals surface area (Å²) in [6.07, 6.45) is 1.64. The molecule has 168 valence electrons. The number of hydrogen-bond donors (Lipinski definition) is 1. The molecule has 7 heteroatoms. The van der Waals surface area contributed by atoms with Crippen molar-refractivity contribution in [1.29, 1.82) is 0 Å². The zero-order valence-electron chi connectivity index (χ0n) is 18.1. The van der Waals surface area contributed by atoms with Crippen molar-refractivity contribution in [3.05, 3.63) is 70.3 Å². The molecule has 0 radical (unpaired) electrons. The lowest BCUT2D eigenvalue weighted by molar-refractivity contribution is -0.140. The van der Waals surface area contributed by atoms with Gasteiger partial charge in [0.2, 0.25) is 0 Å². The number of benzene rings is 2. The molecule has 4 rings (SSSR count). The lowest BCUT2D eigenvalue weighted by atomic mass is 9.95. The summed E-state index contributed by atoms with van der Waals surface area (Å²) in [7, 11) is 0. The third-order valence-electron chi connectivity index (χ3n) is 5.65. The number of Topliss-reactive ketones (excluding diaryl/α,β-unsaturated/α-hetero) is 1. The van der Waals surface area contributed by atoms with Crippen molar-refractivity contribution in [2.45, 2.75) is 44.9 Å². The molecule has 2 aromatic carbocycles. The summed E-state index contributed by atoms with van der Waals surface area (Å²) in [6.45, 7) is 4.78. The second kappa shape index (κ2) is 9.35. The molecule has 2 aromatic rings. The Morgan fingerprint density at radius 3 is 2.44 bits per heavy atom.